The van der Waals surface area contributed by atoms with Crippen LogP contribution < -0.4 is 5.32 Å². The maximum atomic E-state index is 12.4. The predicted octanol–water partition coefficient (Wildman–Crippen LogP) is 1.44. The number of nitrogens with zero attached hydrogens (tertiary/aromatic N) is 4. The molecule has 1 aliphatic rings. The van der Waals surface area contributed by atoms with E-state index in [1.807, 2.05) is 0 Å². The molecule has 4 rings (SSSR count). The average molecular weight is 326 g/mol. The third-order valence-electron chi connectivity index (χ3n) is 4.35. The summed E-state index contributed by atoms with van der Waals surface area (Å²) in [4.78, 5) is 23.7. The number of hydrogen-bond acceptors (Lipinski definition) is 5. The van der Waals surface area contributed by atoms with Crippen molar-refractivity contribution in [2.45, 2.75) is 18.9 Å². The van der Waals surface area contributed by atoms with Crippen molar-refractivity contribution in [1.82, 2.24) is 25.2 Å². The lowest BCUT2D eigenvalue weighted by molar-refractivity contribution is -0.123. The second kappa shape index (κ2) is 5.44. The summed E-state index contributed by atoms with van der Waals surface area (Å²) in [7, 11) is 0. The van der Waals surface area contributed by atoms with Gasteiger partial charge in [-0.3, -0.25) is 9.89 Å². The lowest BCUT2D eigenvalue weighted by Crippen LogP contribution is -2.36. The van der Waals surface area contributed by atoms with Crippen LogP contribution in [-0.4, -0.2) is 42.2 Å². The minimum absolute atomic E-state index is 0.102. The number of nitrogens with one attached hydrogen (secondary N) is 2. The second-order valence-corrected chi connectivity index (χ2v) is 5.80. The first-order chi connectivity index (χ1) is 11.6. The first-order valence-corrected chi connectivity index (χ1v) is 7.50. The number of carbonyl (C=O) groups excluding carboxylic acids is 1. The molecule has 3 aromatic rings. The Balaban J connectivity index is 1.52. The van der Waals surface area contributed by atoms with Gasteiger partial charge in [-0.05, 0) is 25.0 Å². The van der Waals surface area contributed by atoms with E-state index in [-0.39, 0.29) is 23.6 Å². The summed E-state index contributed by atoms with van der Waals surface area (Å²) in [5.74, 6) is -1.40. The fourth-order valence-corrected chi connectivity index (χ4v) is 3.00. The highest BCUT2D eigenvalue weighted by molar-refractivity contribution is 6.10. The molecule has 2 heterocycles. The molecule has 2 aromatic heterocycles. The van der Waals surface area contributed by atoms with Crippen LogP contribution in [0.1, 0.15) is 29.4 Å². The normalized spacial score (nSPS) is 19.8. The van der Waals surface area contributed by atoms with Crippen molar-refractivity contribution in [3.05, 3.63) is 36.3 Å². The van der Waals surface area contributed by atoms with Gasteiger partial charge in [0.15, 0.2) is 5.69 Å². The number of hydrogen-bond donors (Lipinski definition) is 3. The molecule has 0 unspecified atom stereocenters. The van der Waals surface area contributed by atoms with Crippen LogP contribution in [0.4, 0.5) is 5.69 Å². The molecule has 1 aromatic carbocycles. The lowest BCUT2D eigenvalue weighted by atomic mass is 9.79. The number of amides is 1. The number of anilines is 1. The molecular formula is C15H14N6O3. The number of benzene rings is 1. The number of aromatic amines is 1. The minimum atomic E-state index is -1.14. The van der Waals surface area contributed by atoms with E-state index in [2.05, 4.69) is 25.8 Å². The fraction of sp³-hybridized carbons (Fsp3) is 0.267. The Bertz CT molecular complexity index is 911. The van der Waals surface area contributed by atoms with E-state index in [1.54, 1.807) is 35.3 Å². The summed E-state index contributed by atoms with van der Waals surface area (Å²) in [5.41, 5.74) is 0.919. The first-order valence-electron chi connectivity index (χ1n) is 7.50. The van der Waals surface area contributed by atoms with E-state index in [1.165, 1.54) is 0 Å². The van der Waals surface area contributed by atoms with Gasteiger partial charge in [0, 0.05) is 12.1 Å². The van der Waals surface area contributed by atoms with Crippen LogP contribution in [0.3, 0.4) is 0 Å². The van der Waals surface area contributed by atoms with Crippen LogP contribution in [0.25, 0.3) is 10.9 Å². The van der Waals surface area contributed by atoms with Crippen LogP contribution in [0, 0.1) is 5.92 Å². The summed E-state index contributed by atoms with van der Waals surface area (Å²) in [5, 5.41) is 26.6. The van der Waals surface area contributed by atoms with E-state index < -0.39 is 5.97 Å². The van der Waals surface area contributed by atoms with E-state index >= 15 is 0 Å². The summed E-state index contributed by atoms with van der Waals surface area (Å²) in [6.07, 6.45) is 4.76. The van der Waals surface area contributed by atoms with Gasteiger partial charge in [0.2, 0.25) is 5.91 Å². The molecule has 0 radical (unpaired) electrons. The number of aromatic carboxylic acids is 1. The van der Waals surface area contributed by atoms with Crippen LogP contribution in [0.15, 0.2) is 30.6 Å². The molecule has 9 heteroatoms. The SMILES string of the molecule is O=C(O)c1n[nH]c2cccc(NC(=O)C3CC(n4ccnn4)C3)c12. The lowest BCUT2D eigenvalue weighted by Gasteiger charge is -2.33. The number of aromatic nitrogens is 5. The summed E-state index contributed by atoms with van der Waals surface area (Å²) in [6.45, 7) is 0. The van der Waals surface area contributed by atoms with Gasteiger partial charge in [-0.2, -0.15) is 5.10 Å². The Morgan fingerprint density at radius 3 is 2.88 bits per heavy atom. The molecule has 1 saturated carbocycles. The summed E-state index contributed by atoms with van der Waals surface area (Å²) >= 11 is 0. The summed E-state index contributed by atoms with van der Waals surface area (Å²) < 4.78 is 1.75. The highest BCUT2D eigenvalue weighted by Gasteiger charge is 2.36. The Labute approximate surface area is 135 Å². The van der Waals surface area contributed by atoms with Crippen molar-refractivity contribution in [2.75, 3.05) is 5.32 Å². The molecule has 0 atom stereocenters. The molecule has 24 heavy (non-hydrogen) atoms. The standard InChI is InChI=1S/C15H14N6O3/c22-14(8-6-9(7-8)21-5-4-16-20-21)17-10-2-1-3-11-12(10)13(15(23)24)19-18-11/h1-5,8-9H,6-7H2,(H,17,22)(H,18,19)(H,23,24). The van der Waals surface area contributed by atoms with E-state index in [9.17, 15) is 14.7 Å². The number of carbonyl (C=O) groups is 2. The zero-order valence-electron chi connectivity index (χ0n) is 12.5. The molecule has 0 saturated heterocycles. The van der Waals surface area contributed by atoms with E-state index in [0.29, 0.717) is 29.4 Å². The third-order valence-corrected chi connectivity index (χ3v) is 4.35. The molecule has 1 fully saturated rings. The number of rotatable bonds is 4. The minimum Gasteiger partial charge on any atom is -0.476 e. The Morgan fingerprint density at radius 1 is 1.33 bits per heavy atom. The van der Waals surface area contributed by atoms with Crippen molar-refractivity contribution >= 4 is 28.5 Å². The van der Waals surface area contributed by atoms with Gasteiger partial charge in [-0.15, -0.1) is 5.10 Å². The maximum Gasteiger partial charge on any atom is 0.357 e. The molecule has 3 N–H and O–H groups in total. The monoisotopic (exact) mass is 326 g/mol. The quantitative estimate of drug-likeness (QED) is 0.666. The third kappa shape index (κ3) is 2.30. The number of fused-ring (bicyclic) bond motifs is 1. The van der Waals surface area contributed by atoms with Crippen LogP contribution in [0.2, 0.25) is 0 Å². The van der Waals surface area contributed by atoms with Crippen LogP contribution in [-0.2, 0) is 4.79 Å². The summed E-state index contributed by atoms with van der Waals surface area (Å²) in [6, 6.07) is 5.31. The highest BCUT2D eigenvalue weighted by atomic mass is 16.4. The number of H-pyrrole nitrogens is 1. The first kappa shape index (κ1) is 14.4. The molecule has 0 aliphatic heterocycles. The fourth-order valence-electron chi connectivity index (χ4n) is 3.00. The van der Waals surface area contributed by atoms with E-state index in [0.717, 1.165) is 0 Å². The Kier molecular flexibility index (Phi) is 3.26. The zero-order chi connectivity index (χ0) is 16.7. The number of carboxylic acid groups (broad SMARTS) is 1. The highest BCUT2D eigenvalue weighted by Crippen LogP contribution is 2.38. The largest absolute Gasteiger partial charge is 0.476 e. The molecule has 9 nitrogen and oxygen atoms in total. The maximum absolute atomic E-state index is 12.4. The molecule has 0 bridgehead atoms. The number of carboxylic acids is 1. The van der Waals surface area contributed by atoms with Crippen molar-refractivity contribution < 1.29 is 14.7 Å². The van der Waals surface area contributed by atoms with Crippen molar-refractivity contribution in [1.29, 1.82) is 0 Å². The van der Waals surface area contributed by atoms with Crippen LogP contribution in [0.5, 0.6) is 0 Å². The topological polar surface area (TPSA) is 126 Å². The molecule has 1 amide bonds. The van der Waals surface area contributed by atoms with Gasteiger partial charge in [-0.1, -0.05) is 11.3 Å². The van der Waals surface area contributed by atoms with Gasteiger partial charge in [0.1, 0.15) is 0 Å². The Hall–Kier alpha value is -3.23. The van der Waals surface area contributed by atoms with E-state index in [4.69, 9.17) is 0 Å². The van der Waals surface area contributed by atoms with Gasteiger partial charge >= 0.3 is 5.97 Å². The van der Waals surface area contributed by atoms with Gasteiger partial charge in [0.05, 0.1) is 28.8 Å². The predicted molar refractivity (Wildman–Crippen MR) is 83.5 cm³/mol. The van der Waals surface area contributed by atoms with Crippen molar-refractivity contribution in [3.63, 3.8) is 0 Å². The van der Waals surface area contributed by atoms with Crippen molar-refractivity contribution in [3.8, 4) is 0 Å². The Morgan fingerprint density at radius 2 is 2.17 bits per heavy atom. The van der Waals surface area contributed by atoms with Gasteiger partial charge in [-0.25, -0.2) is 9.48 Å². The van der Waals surface area contributed by atoms with Gasteiger partial charge < -0.3 is 10.4 Å². The molecule has 122 valence electrons. The molecule has 1 aliphatic carbocycles. The van der Waals surface area contributed by atoms with Crippen LogP contribution >= 0.6 is 0 Å². The van der Waals surface area contributed by atoms with Crippen molar-refractivity contribution in [2.24, 2.45) is 5.92 Å². The smallest absolute Gasteiger partial charge is 0.357 e. The molecule has 0 spiro atoms. The zero-order valence-corrected chi connectivity index (χ0v) is 12.5. The average Bonchev–Trinajstić information content (AvgIpc) is 3.15. The second-order valence-electron chi connectivity index (χ2n) is 5.80. The molecular weight excluding hydrogens is 312 g/mol. The van der Waals surface area contributed by atoms with Gasteiger partial charge in [0.25, 0.3) is 0 Å².